The fraction of sp³-hybridized carbons (Fsp3) is 0.391. The first kappa shape index (κ1) is 22.3. The molecule has 2 fully saturated rings. The van der Waals surface area contributed by atoms with Gasteiger partial charge in [-0.1, -0.05) is 12.1 Å². The van der Waals surface area contributed by atoms with Crippen molar-refractivity contribution in [2.24, 2.45) is 4.99 Å². The number of hydrogen-bond donors (Lipinski definition) is 4. The predicted molar refractivity (Wildman–Crippen MR) is 117 cm³/mol. The van der Waals surface area contributed by atoms with Crippen molar-refractivity contribution in [3.8, 4) is 0 Å². The summed E-state index contributed by atoms with van der Waals surface area (Å²) in [7, 11) is 0. The molecule has 0 saturated carbocycles. The van der Waals surface area contributed by atoms with Gasteiger partial charge in [0.05, 0.1) is 18.8 Å². The van der Waals surface area contributed by atoms with Gasteiger partial charge in [-0.3, -0.25) is 15.1 Å². The number of amides is 1. The van der Waals surface area contributed by atoms with Crippen LogP contribution in [0.25, 0.3) is 0 Å². The molecule has 2 aromatic carbocycles. The second-order valence-corrected chi connectivity index (χ2v) is 7.96. The first-order valence-electron chi connectivity index (χ1n) is 10.8. The number of benzene rings is 2. The van der Waals surface area contributed by atoms with Crippen LogP contribution in [-0.4, -0.2) is 37.3 Å². The summed E-state index contributed by atoms with van der Waals surface area (Å²) < 4.78 is 32.1. The Labute approximate surface area is 185 Å². The topological polar surface area (TPSA) is 86.8 Å². The van der Waals surface area contributed by atoms with Crippen LogP contribution in [0.4, 0.5) is 8.78 Å². The van der Waals surface area contributed by atoms with Crippen LogP contribution in [-0.2, 0) is 4.74 Å². The number of guanidine groups is 1. The molecule has 3 unspecified atom stereocenters. The molecular formula is C23H27F2N5O2. The van der Waals surface area contributed by atoms with Gasteiger partial charge in [0, 0.05) is 24.6 Å². The van der Waals surface area contributed by atoms with Gasteiger partial charge in [-0.25, -0.2) is 19.6 Å². The molecule has 1 amide bonds. The number of hydrogen-bond acceptors (Lipinski definition) is 5. The number of carbonyl (C=O) groups is 1. The Morgan fingerprint density at radius 2 is 1.75 bits per heavy atom. The normalized spacial score (nSPS) is 23.7. The van der Waals surface area contributed by atoms with E-state index in [4.69, 9.17) is 4.74 Å². The maximum atomic E-state index is 13.2. The van der Waals surface area contributed by atoms with Crippen LogP contribution in [0, 0.1) is 11.6 Å². The van der Waals surface area contributed by atoms with E-state index in [1.54, 1.807) is 12.1 Å². The van der Waals surface area contributed by atoms with Crippen LogP contribution in [0.15, 0.2) is 53.5 Å². The fourth-order valence-corrected chi connectivity index (χ4v) is 3.78. The van der Waals surface area contributed by atoms with Gasteiger partial charge in [-0.05, 0) is 61.2 Å². The van der Waals surface area contributed by atoms with Crippen LogP contribution in [0.1, 0.15) is 47.6 Å². The SMILES string of the molecule is O=C(NC(=NCC1CCCCO1)NC1CC(c2ccc(F)cc2)NN1)c1ccc(F)cc1. The fourth-order valence-electron chi connectivity index (χ4n) is 3.78. The molecule has 0 radical (unpaired) electrons. The number of aliphatic imine (C=N–C) groups is 1. The average Bonchev–Trinajstić information content (AvgIpc) is 3.27. The Morgan fingerprint density at radius 3 is 2.44 bits per heavy atom. The van der Waals surface area contributed by atoms with E-state index >= 15 is 0 Å². The third kappa shape index (κ3) is 6.09. The number of carbonyl (C=O) groups excluding carboxylic acids is 1. The number of nitrogens with zero attached hydrogens (tertiary/aromatic N) is 1. The van der Waals surface area contributed by atoms with E-state index in [9.17, 15) is 13.6 Å². The monoisotopic (exact) mass is 443 g/mol. The minimum absolute atomic E-state index is 0.0184. The number of rotatable bonds is 5. The molecule has 4 rings (SSSR count). The number of nitrogens with one attached hydrogen (secondary N) is 4. The molecule has 2 heterocycles. The highest BCUT2D eigenvalue weighted by Crippen LogP contribution is 2.21. The summed E-state index contributed by atoms with van der Waals surface area (Å²) >= 11 is 0. The predicted octanol–water partition coefficient (Wildman–Crippen LogP) is 2.77. The Kier molecular flexibility index (Phi) is 7.41. The van der Waals surface area contributed by atoms with Crippen LogP contribution >= 0.6 is 0 Å². The lowest BCUT2D eigenvalue weighted by atomic mass is 10.0. The lowest BCUT2D eigenvalue weighted by Gasteiger charge is -2.22. The molecule has 170 valence electrons. The lowest BCUT2D eigenvalue weighted by Crippen LogP contribution is -2.51. The molecule has 2 saturated heterocycles. The largest absolute Gasteiger partial charge is 0.376 e. The first-order chi connectivity index (χ1) is 15.6. The van der Waals surface area contributed by atoms with Crippen molar-refractivity contribution in [2.45, 2.75) is 44.0 Å². The summed E-state index contributed by atoms with van der Waals surface area (Å²) in [5.74, 6) is -0.761. The minimum Gasteiger partial charge on any atom is -0.376 e. The highest BCUT2D eigenvalue weighted by Gasteiger charge is 2.26. The lowest BCUT2D eigenvalue weighted by molar-refractivity contribution is 0.0224. The summed E-state index contributed by atoms with van der Waals surface area (Å²) in [6, 6.07) is 11.6. The maximum Gasteiger partial charge on any atom is 0.257 e. The molecule has 0 spiro atoms. The summed E-state index contributed by atoms with van der Waals surface area (Å²) in [5, 5.41) is 6.01. The molecule has 7 nitrogen and oxygen atoms in total. The van der Waals surface area contributed by atoms with Crippen molar-refractivity contribution in [2.75, 3.05) is 13.2 Å². The van der Waals surface area contributed by atoms with Gasteiger partial charge in [0.1, 0.15) is 11.6 Å². The average molecular weight is 443 g/mol. The highest BCUT2D eigenvalue weighted by molar-refractivity contribution is 6.05. The zero-order valence-electron chi connectivity index (χ0n) is 17.6. The third-order valence-corrected chi connectivity index (χ3v) is 5.55. The Hall–Kier alpha value is -2.88. The molecule has 2 aliphatic heterocycles. The quantitative estimate of drug-likeness (QED) is 0.422. The van der Waals surface area contributed by atoms with E-state index in [2.05, 4.69) is 26.5 Å². The Balaban J connectivity index is 1.41. The van der Waals surface area contributed by atoms with Crippen LogP contribution < -0.4 is 21.5 Å². The van der Waals surface area contributed by atoms with E-state index in [1.807, 2.05) is 0 Å². The molecule has 2 aliphatic rings. The molecule has 4 N–H and O–H groups in total. The smallest absolute Gasteiger partial charge is 0.257 e. The Morgan fingerprint density at radius 1 is 1.03 bits per heavy atom. The van der Waals surface area contributed by atoms with Crippen molar-refractivity contribution in [1.82, 2.24) is 21.5 Å². The highest BCUT2D eigenvalue weighted by atomic mass is 19.1. The second-order valence-electron chi connectivity index (χ2n) is 7.96. The summed E-state index contributed by atoms with van der Waals surface area (Å²) in [4.78, 5) is 17.2. The van der Waals surface area contributed by atoms with Crippen molar-refractivity contribution in [1.29, 1.82) is 0 Å². The van der Waals surface area contributed by atoms with Crippen LogP contribution in [0.3, 0.4) is 0 Å². The Bertz CT molecular complexity index is 930. The zero-order chi connectivity index (χ0) is 22.3. The van der Waals surface area contributed by atoms with Gasteiger partial charge in [-0.2, -0.15) is 0 Å². The molecule has 9 heteroatoms. The van der Waals surface area contributed by atoms with Gasteiger partial charge in [-0.15, -0.1) is 0 Å². The van der Waals surface area contributed by atoms with Gasteiger partial charge in [0.2, 0.25) is 0 Å². The molecule has 0 aliphatic carbocycles. The van der Waals surface area contributed by atoms with E-state index in [0.29, 0.717) is 24.5 Å². The minimum atomic E-state index is -0.406. The van der Waals surface area contributed by atoms with Crippen LogP contribution in [0.5, 0.6) is 0 Å². The van der Waals surface area contributed by atoms with Gasteiger partial charge >= 0.3 is 0 Å². The van der Waals surface area contributed by atoms with Crippen molar-refractivity contribution in [3.63, 3.8) is 0 Å². The van der Waals surface area contributed by atoms with E-state index in [0.717, 1.165) is 31.4 Å². The van der Waals surface area contributed by atoms with E-state index in [1.165, 1.54) is 36.4 Å². The molecular weight excluding hydrogens is 416 g/mol. The zero-order valence-corrected chi connectivity index (χ0v) is 17.6. The number of ether oxygens (including phenoxy) is 1. The molecule has 3 atom stereocenters. The molecule has 0 bridgehead atoms. The van der Waals surface area contributed by atoms with Gasteiger partial charge in [0.25, 0.3) is 5.91 Å². The second kappa shape index (κ2) is 10.6. The van der Waals surface area contributed by atoms with Gasteiger partial charge in [0.15, 0.2) is 5.96 Å². The van der Waals surface area contributed by atoms with Crippen molar-refractivity contribution < 1.29 is 18.3 Å². The maximum absolute atomic E-state index is 13.2. The van der Waals surface area contributed by atoms with Crippen molar-refractivity contribution >= 4 is 11.9 Å². The number of hydrazine groups is 1. The van der Waals surface area contributed by atoms with Crippen molar-refractivity contribution in [3.05, 3.63) is 71.3 Å². The standard InChI is InChI=1S/C23H27F2N5O2/c24-17-8-4-15(5-9-17)20-13-21(30-29-20)27-23(26-14-19-3-1-2-12-32-19)28-22(31)16-6-10-18(25)11-7-16/h4-11,19-21,29-30H,1-3,12-14H2,(H2,26,27,28,31). The molecule has 32 heavy (non-hydrogen) atoms. The number of halogens is 2. The summed E-state index contributed by atoms with van der Waals surface area (Å²) in [6.07, 6.45) is 3.53. The first-order valence-corrected chi connectivity index (χ1v) is 10.8. The van der Waals surface area contributed by atoms with Crippen LogP contribution in [0.2, 0.25) is 0 Å². The summed E-state index contributed by atoms with van der Waals surface area (Å²) in [5.41, 5.74) is 7.60. The molecule has 0 aromatic heterocycles. The van der Waals surface area contributed by atoms with E-state index < -0.39 is 5.82 Å². The molecule has 2 aromatic rings. The third-order valence-electron chi connectivity index (χ3n) is 5.55. The summed E-state index contributed by atoms with van der Waals surface area (Å²) in [6.45, 7) is 1.14. The van der Waals surface area contributed by atoms with Gasteiger partial charge < -0.3 is 10.1 Å². The van der Waals surface area contributed by atoms with E-state index in [-0.39, 0.29) is 30.0 Å².